The number of rotatable bonds is 6. The van der Waals surface area contributed by atoms with Gasteiger partial charge in [0.15, 0.2) is 5.13 Å². The van der Waals surface area contributed by atoms with Crippen molar-refractivity contribution >= 4 is 28.6 Å². The predicted molar refractivity (Wildman–Crippen MR) is 88.6 cm³/mol. The molecule has 0 radical (unpaired) electrons. The number of amides is 1. The number of nitrogen functional groups attached to an aromatic ring is 1. The molecule has 0 unspecified atom stereocenters. The number of nitrogens with two attached hydrogens (primary N) is 1. The van der Waals surface area contributed by atoms with Crippen LogP contribution in [-0.2, 0) is 6.42 Å². The second kappa shape index (κ2) is 7.56. The van der Waals surface area contributed by atoms with Crippen molar-refractivity contribution in [3.8, 4) is 5.75 Å². The molecule has 0 fully saturated rings. The second-order valence-corrected chi connectivity index (χ2v) is 5.38. The Labute approximate surface area is 133 Å². The average molecular weight is 318 g/mol. The third-order valence-electron chi connectivity index (χ3n) is 2.84. The SMILES string of the molecule is CCOc1ccccc1/C=N\NC(=O)c1sc(N)nc1CC. The summed E-state index contributed by atoms with van der Waals surface area (Å²) in [6.07, 6.45) is 2.20. The zero-order chi connectivity index (χ0) is 15.9. The molecule has 1 heterocycles. The summed E-state index contributed by atoms with van der Waals surface area (Å²) in [4.78, 5) is 16.7. The number of hydrazone groups is 1. The highest BCUT2D eigenvalue weighted by atomic mass is 32.1. The van der Waals surface area contributed by atoms with Crippen LogP contribution in [0.3, 0.4) is 0 Å². The number of aromatic nitrogens is 1. The van der Waals surface area contributed by atoms with E-state index >= 15 is 0 Å². The molecule has 0 bridgehead atoms. The normalized spacial score (nSPS) is 10.8. The Morgan fingerprint density at radius 3 is 2.95 bits per heavy atom. The van der Waals surface area contributed by atoms with E-state index in [0.29, 0.717) is 28.7 Å². The standard InChI is InChI=1S/C15H18N4O2S/c1-3-11-13(22-15(16)18-11)14(20)19-17-9-10-7-5-6-8-12(10)21-4-2/h5-9H,3-4H2,1-2H3,(H2,16,18)(H,19,20)/b17-9-. The van der Waals surface area contributed by atoms with E-state index in [4.69, 9.17) is 10.5 Å². The maximum Gasteiger partial charge on any atom is 0.283 e. The molecule has 1 aromatic heterocycles. The summed E-state index contributed by atoms with van der Waals surface area (Å²) in [5, 5.41) is 4.36. The molecule has 22 heavy (non-hydrogen) atoms. The smallest absolute Gasteiger partial charge is 0.283 e. The van der Waals surface area contributed by atoms with Gasteiger partial charge in [-0.2, -0.15) is 5.10 Å². The molecule has 1 aromatic carbocycles. The molecular weight excluding hydrogens is 300 g/mol. The molecule has 1 amide bonds. The van der Waals surface area contributed by atoms with Crippen LogP contribution in [0.1, 0.15) is 34.8 Å². The van der Waals surface area contributed by atoms with E-state index in [1.54, 1.807) is 6.21 Å². The molecule has 3 N–H and O–H groups in total. The van der Waals surface area contributed by atoms with Gasteiger partial charge in [-0.1, -0.05) is 30.4 Å². The molecule has 0 saturated carbocycles. The summed E-state index contributed by atoms with van der Waals surface area (Å²) in [6.45, 7) is 4.40. The van der Waals surface area contributed by atoms with E-state index in [-0.39, 0.29) is 5.91 Å². The largest absolute Gasteiger partial charge is 0.493 e. The lowest BCUT2D eigenvalue weighted by molar-refractivity contribution is 0.0958. The number of nitrogens with one attached hydrogen (secondary N) is 1. The van der Waals surface area contributed by atoms with E-state index in [1.165, 1.54) is 0 Å². The lowest BCUT2D eigenvalue weighted by atomic mass is 10.2. The number of anilines is 1. The van der Waals surface area contributed by atoms with Crippen LogP contribution >= 0.6 is 11.3 Å². The van der Waals surface area contributed by atoms with Crippen molar-refractivity contribution in [2.45, 2.75) is 20.3 Å². The Morgan fingerprint density at radius 2 is 2.23 bits per heavy atom. The lowest BCUT2D eigenvalue weighted by Gasteiger charge is -2.05. The van der Waals surface area contributed by atoms with Crippen LogP contribution in [0, 0.1) is 0 Å². The maximum absolute atomic E-state index is 12.1. The third kappa shape index (κ3) is 3.82. The fraction of sp³-hybridized carbons (Fsp3) is 0.267. The first kappa shape index (κ1) is 16.0. The minimum atomic E-state index is -0.309. The number of ether oxygens (including phenoxy) is 1. The summed E-state index contributed by atoms with van der Waals surface area (Å²) in [6, 6.07) is 7.48. The van der Waals surface area contributed by atoms with Crippen molar-refractivity contribution in [3.05, 3.63) is 40.4 Å². The van der Waals surface area contributed by atoms with Gasteiger partial charge in [0.05, 0.1) is 18.5 Å². The first-order valence-corrected chi connectivity index (χ1v) is 7.77. The summed E-state index contributed by atoms with van der Waals surface area (Å²) < 4.78 is 5.49. The number of thiazole rings is 1. The van der Waals surface area contributed by atoms with Gasteiger partial charge in [-0.15, -0.1) is 0 Å². The van der Waals surface area contributed by atoms with Crippen LogP contribution in [0.25, 0.3) is 0 Å². The van der Waals surface area contributed by atoms with Crippen molar-refractivity contribution in [3.63, 3.8) is 0 Å². The van der Waals surface area contributed by atoms with E-state index in [2.05, 4.69) is 15.5 Å². The molecule has 0 aliphatic rings. The molecule has 0 atom stereocenters. The summed E-state index contributed by atoms with van der Waals surface area (Å²) in [7, 11) is 0. The van der Waals surface area contributed by atoms with Crippen LogP contribution in [0.2, 0.25) is 0 Å². The van der Waals surface area contributed by atoms with Crippen LogP contribution in [-0.4, -0.2) is 23.7 Å². The van der Waals surface area contributed by atoms with Crippen LogP contribution in [0.4, 0.5) is 5.13 Å². The van der Waals surface area contributed by atoms with E-state index < -0.39 is 0 Å². The van der Waals surface area contributed by atoms with Crippen LogP contribution in [0.15, 0.2) is 29.4 Å². The Morgan fingerprint density at radius 1 is 1.45 bits per heavy atom. The van der Waals surface area contributed by atoms with Crippen molar-refractivity contribution in [1.29, 1.82) is 0 Å². The van der Waals surface area contributed by atoms with Crippen molar-refractivity contribution in [2.75, 3.05) is 12.3 Å². The van der Waals surface area contributed by atoms with Crippen molar-refractivity contribution in [2.24, 2.45) is 5.10 Å². The van der Waals surface area contributed by atoms with E-state index in [0.717, 1.165) is 22.6 Å². The van der Waals surface area contributed by atoms with Crippen LogP contribution < -0.4 is 15.9 Å². The van der Waals surface area contributed by atoms with E-state index in [9.17, 15) is 4.79 Å². The number of benzene rings is 1. The molecule has 0 saturated heterocycles. The quantitative estimate of drug-likeness (QED) is 0.632. The predicted octanol–water partition coefficient (Wildman–Crippen LogP) is 2.45. The fourth-order valence-corrected chi connectivity index (χ4v) is 2.68. The molecule has 0 spiro atoms. The van der Waals surface area contributed by atoms with Gasteiger partial charge in [0.1, 0.15) is 10.6 Å². The number of hydrogen-bond acceptors (Lipinski definition) is 6. The van der Waals surface area contributed by atoms with Crippen molar-refractivity contribution in [1.82, 2.24) is 10.4 Å². The zero-order valence-electron chi connectivity index (χ0n) is 12.5. The highest BCUT2D eigenvalue weighted by Crippen LogP contribution is 2.20. The summed E-state index contributed by atoms with van der Waals surface area (Å²) >= 11 is 1.16. The molecule has 2 rings (SSSR count). The average Bonchev–Trinajstić information content (AvgIpc) is 2.90. The first-order valence-electron chi connectivity index (χ1n) is 6.96. The minimum absolute atomic E-state index is 0.309. The molecule has 116 valence electrons. The van der Waals surface area contributed by atoms with Gasteiger partial charge in [0.2, 0.25) is 0 Å². The van der Waals surface area contributed by atoms with Crippen molar-refractivity contribution < 1.29 is 9.53 Å². The van der Waals surface area contributed by atoms with Gasteiger partial charge in [-0.25, -0.2) is 10.4 Å². The Bertz CT molecular complexity index is 682. The second-order valence-electron chi connectivity index (χ2n) is 4.35. The van der Waals surface area contributed by atoms with Gasteiger partial charge in [0.25, 0.3) is 5.91 Å². The molecular formula is C15H18N4O2S. The van der Waals surface area contributed by atoms with E-state index in [1.807, 2.05) is 38.1 Å². The minimum Gasteiger partial charge on any atom is -0.493 e. The number of carbonyl (C=O) groups is 1. The van der Waals surface area contributed by atoms with Gasteiger partial charge in [-0.05, 0) is 25.5 Å². The third-order valence-corrected chi connectivity index (χ3v) is 3.77. The molecule has 6 nitrogen and oxygen atoms in total. The zero-order valence-corrected chi connectivity index (χ0v) is 13.3. The lowest BCUT2D eigenvalue weighted by Crippen LogP contribution is -2.17. The van der Waals surface area contributed by atoms with Crippen LogP contribution in [0.5, 0.6) is 5.75 Å². The van der Waals surface area contributed by atoms with Gasteiger partial charge >= 0.3 is 0 Å². The number of aryl methyl sites for hydroxylation is 1. The first-order chi connectivity index (χ1) is 10.7. The highest BCUT2D eigenvalue weighted by molar-refractivity contribution is 7.17. The number of nitrogens with zero attached hydrogens (tertiary/aromatic N) is 2. The number of hydrogen-bond donors (Lipinski definition) is 2. The monoisotopic (exact) mass is 318 g/mol. The summed E-state index contributed by atoms with van der Waals surface area (Å²) in [5.41, 5.74) is 9.61. The Balaban J connectivity index is 2.07. The summed E-state index contributed by atoms with van der Waals surface area (Å²) in [5.74, 6) is 0.412. The van der Waals surface area contributed by atoms with Gasteiger partial charge in [0, 0.05) is 5.56 Å². The molecule has 2 aromatic rings. The number of carbonyl (C=O) groups excluding carboxylic acids is 1. The Hall–Kier alpha value is -2.41. The number of para-hydroxylation sites is 1. The maximum atomic E-state index is 12.1. The Kier molecular flexibility index (Phi) is 5.48. The topological polar surface area (TPSA) is 89.6 Å². The molecule has 0 aliphatic heterocycles. The fourth-order valence-electron chi connectivity index (χ4n) is 1.87. The highest BCUT2D eigenvalue weighted by Gasteiger charge is 2.15. The molecule has 7 heteroatoms. The van der Waals surface area contributed by atoms with Gasteiger partial charge in [-0.3, -0.25) is 4.79 Å². The van der Waals surface area contributed by atoms with Gasteiger partial charge < -0.3 is 10.5 Å². The molecule has 0 aliphatic carbocycles.